The van der Waals surface area contributed by atoms with E-state index in [1.165, 1.54) is 37.7 Å². The zero-order valence-electron chi connectivity index (χ0n) is 10.6. The van der Waals surface area contributed by atoms with Gasteiger partial charge in [0, 0.05) is 0 Å². The molecule has 17 heavy (non-hydrogen) atoms. The van der Waals surface area contributed by atoms with Crippen LogP contribution in [0.15, 0.2) is 24.3 Å². The molecule has 1 aliphatic rings. The third kappa shape index (κ3) is 3.08. The topological polar surface area (TPSA) is 46.2 Å². The summed E-state index contributed by atoms with van der Waals surface area (Å²) in [5, 5.41) is 9.47. The Kier molecular flexibility index (Phi) is 4.19. The van der Waals surface area contributed by atoms with Crippen molar-refractivity contribution in [3.63, 3.8) is 0 Å². The summed E-state index contributed by atoms with van der Waals surface area (Å²) < 4.78 is 0. The zero-order chi connectivity index (χ0) is 12.3. The Bertz CT molecular complexity index is 338. The Labute approximate surface area is 104 Å². The summed E-state index contributed by atoms with van der Waals surface area (Å²) >= 11 is 0. The molecule has 2 nitrogen and oxygen atoms in total. The van der Waals surface area contributed by atoms with E-state index in [1.54, 1.807) is 6.92 Å². The highest BCUT2D eigenvalue weighted by atomic mass is 16.3. The van der Waals surface area contributed by atoms with E-state index >= 15 is 0 Å². The first-order chi connectivity index (χ1) is 8.18. The number of hydrogen-bond donors (Lipinski definition) is 2. The first kappa shape index (κ1) is 12.6. The van der Waals surface area contributed by atoms with Crippen molar-refractivity contribution in [1.29, 1.82) is 0 Å². The lowest BCUT2D eigenvalue weighted by Crippen LogP contribution is -2.23. The minimum absolute atomic E-state index is 0.268. The minimum Gasteiger partial charge on any atom is -0.391 e. The molecular formula is C15H23NO. The number of rotatable bonds is 3. The lowest BCUT2D eigenvalue weighted by Gasteiger charge is -2.23. The van der Waals surface area contributed by atoms with Gasteiger partial charge in [0.15, 0.2) is 0 Å². The lowest BCUT2D eigenvalue weighted by atomic mass is 9.83. The van der Waals surface area contributed by atoms with Crippen LogP contribution in [0.5, 0.6) is 0 Å². The lowest BCUT2D eigenvalue weighted by molar-refractivity contribution is 0.164. The smallest absolute Gasteiger partial charge is 0.0704 e. The van der Waals surface area contributed by atoms with Gasteiger partial charge in [-0.1, -0.05) is 43.5 Å². The van der Waals surface area contributed by atoms with Gasteiger partial charge in [-0.15, -0.1) is 0 Å². The molecule has 1 saturated carbocycles. The van der Waals surface area contributed by atoms with Gasteiger partial charge in [0.25, 0.3) is 0 Å². The van der Waals surface area contributed by atoms with E-state index in [-0.39, 0.29) is 6.04 Å². The number of benzene rings is 1. The molecule has 0 radical (unpaired) electrons. The summed E-state index contributed by atoms with van der Waals surface area (Å²) in [6.45, 7) is 1.74. The fourth-order valence-corrected chi connectivity index (χ4v) is 2.70. The maximum Gasteiger partial charge on any atom is 0.0704 e. The number of aliphatic hydroxyl groups is 1. The van der Waals surface area contributed by atoms with Crippen molar-refractivity contribution in [1.82, 2.24) is 0 Å². The first-order valence-corrected chi connectivity index (χ1v) is 6.72. The van der Waals surface area contributed by atoms with Gasteiger partial charge in [-0.05, 0) is 36.8 Å². The second-order valence-electron chi connectivity index (χ2n) is 5.27. The van der Waals surface area contributed by atoms with E-state index in [0.29, 0.717) is 0 Å². The van der Waals surface area contributed by atoms with Crippen molar-refractivity contribution in [3.05, 3.63) is 35.4 Å². The molecule has 0 aromatic heterocycles. The average Bonchev–Trinajstić information content (AvgIpc) is 2.39. The third-order valence-electron chi connectivity index (χ3n) is 3.92. The van der Waals surface area contributed by atoms with Gasteiger partial charge in [0.2, 0.25) is 0 Å². The van der Waals surface area contributed by atoms with E-state index in [9.17, 15) is 5.11 Å². The van der Waals surface area contributed by atoms with Gasteiger partial charge in [-0.25, -0.2) is 0 Å². The molecule has 0 bridgehead atoms. The van der Waals surface area contributed by atoms with Crippen LogP contribution in [-0.4, -0.2) is 11.2 Å². The summed E-state index contributed by atoms with van der Waals surface area (Å²) in [6, 6.07) is 8.25. The van der Waals surface area contributed by atoms with Crippen molar-refractivity contribution in [2.24, 2.45) is 5.73 Å². The molecule has 2 unspecified atom stereocenters. The predicted octanol–water partition coefficient (Wildman–Crippen LogP) is 3.11. The summed E-state index contributed by atoms with van der Waals surface area (Å²) in [4.78, 5) is 0. The van der Waals surface area contributed by atoms with Crippen LogP contribution in [0.2, 0.25) is 0 Å². The van der Waals surface area contributed by atoms with Crippen molar-refractivity contribution in [3.8, 4) is 0 Å². The van der Waals surface area contributed by atoms with Gasteiger partial charge in [-0.3, -0.25) is 0 Å². The summed E-state index contributed by atoms with van der Waals surface area (Å²) in [7, 11) is 0. The van der Waals surface area contributed by atoms with Crippen LogP contribution >= 0.6 is 0 Å². The molecule has 0 amide bonds. The Morgan fingerprint density at radius 2 is 1.71 bits per heavy atom. The van der Waals surface area contributed by atoms with E-state index in [4.69, 9.17) is 5.73 Å². The highest BCUT2D eigenvalue weighted by Gasteiger charge is 2.16. The second kappa shape index (κ2) is 5.65. The van der Waals surface area contributed by atoms with Crippen LogP contribution in [0.1, 0.15) is 62.1 Å². The van der Waals surface area contributed by atoms with E-state index in [2.05, 4.69) is 24.3 Å². The van der Waals surface area contributed by atoms with E-state index < -0.39 is 6.10 Å². The maximum atomic E-state index is 9.47. The van der Waals surface area contributed by atoms with Gasteiger partial charge in [-0.2, -0.15) is 0 Å². The Balaban J connectivity index is 2.06. The summed E-state index contributed by atoms with van der Waals surface area (Å²) in [5.74, 6) is 0.737. The largest absolute Gasteiger partial charge is 0.391 e. The van der Waals surface area contributed by atoms with Gasteiger partial charge in [0.1, 0.15) is 0 Å². The fraction of sp³-hybridized carbons (Fsp3) is 0.600. The molecule has 2 rings (SSSR count). The molecule has 1 fully saturated rings. The van der Waals surface area contributed by atoms with Crippen LogP contribution in [0.25, 0.3) is 0 Å². The zero-order valence-corrected chi connectivity index (χ0v) is 10.6. The van der Waals surface area contributed by atoms with Gasteiger partial charge >= 0.3 is 0 Å². The van der Waals surface area contributed by atoms with Crippen molar-refractivity contribution in [2.75, 3.05) is 0 Å². The third-order valence-corrected chi connectivity index (χ3v) is 3.92. The van der Waals surface area contributed by atoms with Crippen LogP contribution in [0, 0.1) is 0 Å². The number of nitrogens with two attached hydrogens (primary N) is 1. The highest BCUT2D eigenvalue weighted by molar-refractivity contribution is 5.28. The Morgan fingerprint density at radius 1 is 1.12 bits per heavy atom. The van der Waals surface area contributed by atoms with Gasteiger partial charge < -0.3 is 10.8 Å². The SMILES string of the molecule is CC(O)C(N)c1ccc(C2CCCCC2)cc1. The Morgan fingerprint density at radius 3 is 2.24 bits per heavy atom. The first-order valence-electron chi connectivity index (χ1n) is 6.72. The van der Waals surface area contributed by atoms with Crippen molar-refractivity contribution < 1.29 is 5.11 Å². The van der Waals surface area contributed by atoms with E-state index in [0.717, 1.165) is 11.5 Å². The molecule has 1 aromatic rings. The normalized spacial score (nSPS) is 21.1. The van der Waals surface area contributed by atoms with Gasteiger partial charge in [0.05, 0.1) is 12.1 Å². The van der Waals surface area contributed by atoms with Crippen LogP contribution < -0.4 is 5.73 Å². The molecule has 0 aliphatic heterocycles. The second-order valence-corrected chi connectivity index (χ2v) is 5.27. The fourth-order valence-electron chi connectivity index (χ4n) is 2.70. The van der Waals surface area contributed by atoms with Crippen LogP contribution in [0.4, 0.5) is 0 Å². The summed E-state index contributed by atoms with van der Waals surface area (Å²) in [6.07, 6.45) is 6.26. The standard InChI is InChI=1S/C15H23NO/c1-11(17)15(16)14-9-7-13(8-10-14)12-5-3-2-4-6-12/h7-12,15,17H,2-6,16H2,1H3. The molecule has 1 aliphatic carbocycles. The minimum atomic E-state index is -0.490. The molecule has 1 aromatic carbocycles. The summed E-state index contributed by atoms with van der Waals surface area (Å²) in [5.41, 5.74) is 8.38. The number of hydrogen-bond acceptors (Lipinski definition) is 2. The molecular weight excluding hydrogens is 210 g/mol. The molecule has 0 spiro atoms. The predicted molar refractivity (Wildman–Crippen MR) is 70.9 cm³/mol. The highest BCUT2D eigenvalue weighted by Crippen LogP contribution is 2.32. The monoisotopic (exact) mass is 233 g/mol. The van der Waals surface area contributed by atoms with E-state index in [1.807, 2.05) is 0 Å². The molecule has 0 saturated heterocycles. The average molecular weight is 233 g/mol. The van der Waals surface area contributed by atoms with Crippen molar-refractivity contribution in [2.45, 2.75) is 57.1 Å². The quantitative estimate of drug-likeness (QED) is 0.842. The Hall–Kier alpha value is -0.860. The molecule has 0 heterocycles. The molecule has 3 N–H and O–H groups in total. The molecule has 2 atom stereocenters. The molecule has 2 heteroatoms. The van der Waals surface area contributed by atoms with Crippen LogP contribution in [-0.2, 0) is 0 Å². The van der Waals surface area contributed by atoms with Crippen LogP contribution in [0.3, 0.4) is 0 Å². The number of aliphatic hydroxyl groups excluding tert-OH is 1. The maximum absolute atomic E-state index is 9.47. The molecule has 94 valence electrons. The van der Waals surface area contributed by atoms with Crippen molar-refractivity contribution >= 4 is 0 Å².